The molecule has 0 aromatic heterocycles. The molecule has 0 amide bonds. The lowest BCUT2D eigenvalue weighted by Crippen LogP contribution is -2.52. The number of alkyl halides is 1. The lowest BCUT2D eigenvalue weighted by Gasteiger charge is -2.58. The van der Waals surface area contributed by atoms with Crippen LogP contribution in [0.2, 0.25) is 0 Å². The van der Waals surface area contributed by atoms with Gasteiger partial charge in [-0.1, -0.05) is 6.92 Å². The van der Waals surface area contributed by atoms with E-state index in [9.17, 15) is 4.39 Å². The highest BCUT2D eigenvalue weighted by molar-refractivity contribution is 5.06. The molecule has 4 fully saturated rings. The highest BCUT2D eigenvalue weighted by Crippen LogP contribution is 2.62. The Morgan fingerprint density at radius 3 is 2.08 bits per heavy atom. The molecule has 0 spiro atoms. The van der Waals surface area contributed by atoms with Crippen molar-refractivity contribution in [2.24, 2.45) is 17.3 Å². The molecular formula is C11H17F. The van der Waals surface area contributed by atoms with E-state index in [1.54, 1.807) is 0 Å². The standard InChI is InChI=1S/C11H17F/c1-10-3-8-2-9(4-10)6-11(12,5-8)7-10/h8-9H,2-7H2,1H3. The summed E-state index contributed by atoms with van der Waals surface area (Å²) in [6.45, 7) is 2.30. The van der Waals surface area contributed by atoms with Crippen LogP contribution in [0.25, 0.3) is 0 Å². The van der Waals surface area contributed by atoms with E-state index >= 15 is 0 Å². The van der Waals surface area contributed by atoms with Crippen LogP contribution in [0.3, 0.4) is 0 Å². The maximum absolute atomic E-state index is 14.1. The van der Waals surface area contributed by atoms with Gasteiger partial charge in [-0.2, -0.15) is 0 Å². The van der Waals surface area contributed by atoms with E-state index in [0.29, 0.717) is 5.41 Å². The average molecular weight is 168 g/mol. The minimum Gasteiger partial charge on any atom is -0.244 e. The Hall–Kier alpha value is -0.0700. The number of rotatable bonds is 0. The molecule has 1 heteroatoms. The van der Waals surface area contributed by atoms with Crippen molar-refractivity contribution in [1.29, 1.82) is 0 Å². The fourth-order valence-corrected chi connectivity index (χ4v) is 4.60. The van der Waals surface area contributed by atoms with Crippen LogP contribution in [0, 0.1) is 17.3 Å². The molecular weight excluding hydrogens is 151 g/mol. The van der Waals surface area contributed by atoms with Gasteiger partial charge in [-0.15, -0.1) is 0 Å². The van der Waals surface area contributed by atoms with Crippen LogP contribution in [-0.4, -0.2) is 5.67 Å². The first-order valence-corrected chi connectivity index (χ1v) is 5.26. The molecule has 68 valence electrons. The molecule has 0 nitrogen and oxygen atoms in total. The van der Waals surface area contributed by atoms with Crippen molar-refractivity contribution < 1.29 is 4.39 Å². The summed E-state index contributed by atoms with van der Waals surface area (Å²) in [6.07, 6.45) is 6.61. The summed E-state index contributed by atoms with van der Waals surface area (Å²) >= 11 is 0. The molecule has 0 radical (unpaired) electrons. The van der Waals surface area contributed by atoms with E-state index < -0.39 is 5.67 Å². The summed E-state index contributed by atoms with van der Waals surface area (Å²) in [5.41, 5.74) is -0.350. The summed E-state index contributed by atoms with van der Waals surface area (Å²) in [5, 5.41) is 0. The third-order valence-electron chi connectivity index (χ3n) is 4.28. The Balaban J connectivity index is 1.98. The van der Waals surface area contributed by atoms with E-state index in [1.165, 1.54) is 19.3 Å². The zero-order valence-electron chi connectivity index (χ0n) is 7.78. The van der Waals surface area contributed by atoms with Crippen molar-refractivity contribution >= 4 is 0 Å². The second-order valence-electron chi connectivity index (χ2n) is 5.92. The first-order chi connectivity index (χ1) is 5.57. The van der Waals surface area contributed by atoms with Gasteiger partial charge in [-0.25, -0.2) is 4.39 Å². The van der Waals surface area contributed by atoms with Crippen molar-refractivity contribution in [3.8, 4) is 0 Å². The van der Waals surface area contributed by atoms with Crippen LogP contribution < -0.4 is 0 Å². The monoisotopic (exact) mass is 168 g/mol. The van der Waals surface area contributed by atoms with Gasteiger partial charge in [0.1, 0.15) is 5.67 Å². The summed E-state index contributed by atoms with van der Waals surface area (Å²) in [4.78, 5) is 0. The van der Waals surface area contributed by atoms with Crippen LogP contribution in [-0.2, 0) is 0 Å². The summed E-state index contributed by atoms with van der Waals surface area (Å²) in [6, 6.07) is 0. The average Bonchev–Trinajstić information content (AvgIpc) is 1.75. The van der Waals surface area contributed by atoms with Crippen molar-refractivity contribution in [1.82, 2.24) is 0 Å². The Bertz CT molecular complexity index is 187. The third kappa shape index (κ3) is 0.884. The van der Waals surface area contributed by atoms with Crippen molar-refractivity contribution in [2.75, 3.05) is 0 Å². The van der Waals surface area contributed by atoms with Gasteiger partial charge in [-0.05, 0) is 55.8 Å². The molecule has 0 aromatic carbocycles. The Labute approximate surface area is 73.5 Å². The van der Waals surface area contributed by atoms with Crippen molar-refractivity contribution in [3.05, 3.63) is 0 Å². The maximum Gasteiger partial charge on any atom is 0.112 e. The van der Waals surface area contributed by atoms with Crippen molar-refractivity contribution in [2.45, 2.75) is 51.1 Å². The van der Waals surface area contributed by atoms with Gasteiger partial charge < -0.3 is 0 Å². The van der Waals surface area contributed by atoms with Gasteiger partial charge in [0.15, 0.2) is 0 Å². The molecule has 0 aliphatic heterocycles. The van der Waals surface area contributed by atoms with E-state index in [0.717, 1.165) is 31.1 Å². The largest absolute Gasteiger partial charge is 0.244 e. The molecule has 4 aliphatic rings. The van der Waals surface area contributed by atoms with Crippen LogP contribution in [0.5, 0.6) is 0 Å². The molecule has 4 aliphatic carbocycles. The second kappa shape index (κ2) is 1.88. The zero-order chi connectivity index (χ0) is 8.40. The fraction of sp³-hybridized carbons (Fsp3) is 1.00. The van der Waals surface area contributed by atoms with Crippen LogP contribution in [0.1, 0.15) is 45.4 Å². The third-order valence-corrected chi connectivity index (χ3v) is 4.28. The Morgan fingerprint density at radius 2 is 1.67 bits per heavy atom. The minimum absolute atomic E-state index is 0.388. The predicted octanol–water partition coefficient (Wildman–Crippen LogP) is 3.31. The Morgan fingerprint density at radius 1 is 1.08 bits per heavy atom. The Kier molecular flexibility index (Phi) is 1.15. The highest BCUT2D eigenvalue weighted by atomic mass is 19.1. The number of hydrogen-bond donors (Lipinski definition) is 0. The van der Waals surface area contributed by atoms with E-state index in [1.807, 2.05) is 0 Å². The quantitative estimate of drug-likeness (QED) is 0.520. The first kappa shape index (κ1) is 7.34. The molecule has 2 unspecified atom stereocenters. The van der Waals surface area contributed by atoms with Gasteiger partial charge in [-0.3, -0.25) is 0 Å². The number of halogens is 1. The predicted molar refractivity (Wildman–Crippen MR) is 46.6 cm³/mol. The molecule has 12 heavy (non-hydrogen) atoms. The van der Waals surface area contributed by atoms with Gasteiger partial charge in [0, 0.05) is 0 Å². The second-order valence-corrected chi connectivity index (χ2v) is 5.92. The van der Waals surface area contributed by atoms with Crippen LogP contribution in [0.4, 0.5) is 4.39 Å². The smallest absolute Gasteiger partial charge is 0.112 e. The highest BCUT2D eigenvalue weighted by Gasteiger charge is 2.56. The maximum atomic E-state index is 14.1. The van der Waals surface area contributed by atoms with E-state index in [-0.39, 0.29) is 0 Å². The lowest BCUT2D eigenvalue weighted by molar-refractivity contribution is -0.115. The molecule has 0 heterocycles. The topological polar surface area (TPSA) is 0 Å². The molecule has 4 saturated carbocycles. The molecule has 0 aromatic rings. The normalized spacial score (nSPS) is 62.5. The fourth-order valence-electron chi connectivity index (χ4n) is 4.60. The summed E-state index contributed by atoms with van der Waals surface area (Å²) < 4.78 is 14.1. The van der Waals surface area contributed by atoms with Gasteiger partial charge >= 0.3 is 0 Å². The van der Waals surface area contributed by atoms with Crippen molar-refractivity contribution in [3.63, 3.8) is 0 Å². The SMILES string of the molecule is CC12CC3CC(C1)CC(F)(C3)C2. The zero-order valence-corrected chi connectivity index (χ0v) is 7.78. The molecule has 2 atom stereocenters. The van der Waals surface area contributed by atoms with Crippen LogP contribution in [0.15, 0.2) is 0 Å². The van der Waals surface area contributed by atoms with E-state index in [4.69, 9.17) is 0 Å². The lowest BCUT2D eigenvalue weighted by atomic mass is 9.49. The van der Waals surface area contributed by atoms with Gasteiger partial charge in [0.2, 0.25) is 0 Å². The molecule has 4 bridgehead atoms. The van der Waals surface area contributed by atoms with E-state index in [2.05, 4.69) is 6.92 Å². The van der Waals surface area contributed by atoms with Gasteiger partial charge in [0.05, 0.1) is 0 Å². The molecule has 0 saturated heterocycles. The summed E-state index contributed by atoms with van der Waals surface area (Å²) in [5.74, 6) is 1.47. The first-order valence-electron chi connectivity index (χ1n) is 5.26. The summed E-state index contributed by atoms with van der Waals surface area (Å²) in [7, 11) is 0. The van der Waals surface area contributed by atoms with Crippen LogP contribution >= 0.6 is 0 Å². The minimum atomic E-state index is -0.737. The molecule has 4 rings (SSSR count). The number of hydrogen-bond acceptors (Lipinski definition) is 0. The molecule has 0 N–H and O–H groups in total. The van der Waals surface area contributed by atoms with Gasteiger partial charge in [0.25, 0.3) is 0 Å².